The molecule has 4 heterocycles. The summed E-state index contributed by atoms with van der Waals surface area (Å²) in [6, 6.07) is 3.66. The monoisotopic (exact) mass is 300 g/mol. The fraction of sp³-hybridized carbons (Fsp3) is 0.308. The second kappa shape index (κ2) is 4.88. The molecule has 0 radical (unpaired) electrons. The summed E-state index contributed by atoms with van der Waals surface area (Å²) in [7, 11) is 0. The van der Waals surface area contributed by atoms with Crippen molar-refractivity contribution < 1.29 is 4.79 Å². The third-order valence-electron chi connectivity index (χ3n) is 3.48. The van der Waals surface area contributed by atoms with E-state index in [1.165, 1.54) is 11.3 Å². The number of nitrogens with zero attached hydrogens (tertiary/aromatic N) is 6. The maximum Gasteiger partial charge on any atom is 0.228 e. The summed E-state index contributed by atoms with van der Waals surface area (Å²) in [5, 5.41) is 15.3. The number of likely N-dealkylation sites (tertiary alicyclic amines) is 1. The van der Waals surface area contributed by atoms with Gasteiger partial charge >= 0.3 is 0 Å². The minimum Gasteiger partial charge on any atom is -0.342 e. The zero-order valence-electron chi connectivity index (χ0n) is 11.1. The lowest BCUT2D eigenvalue weighted by Crippen LogP contribution is -2.43. The third kappa shape index (κ3) is 2.17. The Kier molecular flexibility index (Phi) is 2.88. The summed E-state index contributed by atoms with van der Waals surface area (Å²) in [6.45, 7) is 1.72. The van der Waals surface area contributed by atoms with Crippen LogP contribution in [0, 0.1) is 0 Å². The van der Waals surface area contributed by atoms with Crippen LogP contribution in [0.4, 0.5) is 0 Å². The summed E-state index contributed by atoms with van der Waals surface area (Å²) < 4.78 is 1.65. The molecular weight excluding hydrogens is 288 g/mol. The Balaban J connectivity index is 1.68. The standard InChI is InChI=1S/C13H12N6OS/c20-11(18-5-1-6-18)8-9-2-3-10-15-16-12(19(10)17-9)13-14-4-7-21-13/h2-4,7H,1,5-6,8H2. The Labute approximate surface area is 124 Å². The highest BCUT2D eigenvalue weighted by atomic mass is 32.1. The minimum absolute atomic E-state index is 0.122. The number of thiazole rings is 1. The zero-order chi connectivity index (χ0) is 14.2. The van der Waals surface area contributed by atoms with Crippen LogP contribution in [0.2, 0.25) is 0 Å². The van der Waals surface area contributed by atoms with E-state index >= 15 is 0 Å². The van der Waals surface area contributed by atoms with Gasteiger partial charge in [-0.2, -0.15) is 9.61 Å². The van der Waals surface area contributed by atoms with E-state index in [0.717, 1.165) is 30.2 Å². The molecular formula is C13H12N6OS. The molecule has 4 rings (SSSR count). The average Bonchev–Trinajstić information content (AvgIpc) is 3.03. The van der Waals surface area contributed by atoms with E-state index in [1.807, 2.05) is 22.4 Å². The largest absolute Gasteiger partial charge is 0.342 e. The van der Waals surface area contributed by atoms with Gasteiger partial charge in [-0.25, -0.2) is 4.98 Å². The second-order valence-corrected chi connectivity index (χ2v) is 5.76. The molecule has 0 saturated carbocycles. The fourth-order valence-corrected chi connectivity index (χ4v) is 2.83. The summed E-state index contributed by atoms with van der Waals surface area (Å²) >= 11 is 1.48. The quantitative estimate of drug-likeness (QED) is 0.722. The number of fused-ring (bicyclic) bond motifs is 1. The van der Waals surface area contributed by atoms with Crippen LogP contribution in [-0.2, 0) is 11.2 Å². The Morgan fingerprint density at radius 2 is 2.19 bits per heavy atom. The van der Waals surface area contributed by atoms with E-state index in [9.17, 15) is 4.79 Å². The normalized spacial score (nSPS) is 14.4. The van der Waals surface area contributed by atoms with E-state index in [-0.39, 0.29) is 5.91 Å². The van der Waals surface area contributed by atoms with Crippen LogP contribution in [0.15, 0.2) is 23.7 Å². The van der Waals surface area contributed by atoms with E-state index < -0.39 is 0 Å². The molecule has 1 amide bonds. The van der Waals surface area contributed by atoms with Crippen molar-refractivity contribution in [1.29, 1.82) is 0 Å². The highest BCUT2D eigenvalue weighted by molar-refractivity contribution is 7.13. The summed E-state index contributed by atoms with van der Waals surface area (Å²) in [4.78, 5) is 18.1. The molecule has 1 aliphatic heterocycles. The maximum absolute atomic E-state index is 12.0. The Morgan fingerprint density at radius 3 is 2.90 bits per heavy atom. The third-order valence-corrected chi connectivity index (χ3v) is 4.25. The van der Waals surface area contributed by atoms with Crippen molar-refractivity contribution in [2.45, 2.75) is 12.8 Å². The zero-order valence-corrected chi connectivity index (χ0v) is 12.0. The van der Waals surface area contributed by atoms with E-state index in [2.05, 4.69) is 20.3 Å². The first kappa shape index (κ1) is 12.4. The lowest BCUT2D eigenvalue weighted by atomic mass is 10.2. The Bertz CT molecular complexity index is 792. The number of aromatic nitrogens is 5. The summed E-state index contributed by atoms with van der Waals surface area (Å²) in [6.07, 6.45) is 3.13. The smallest absolute Gasteiger partial charge is 0.228 e. The van der Waals surface area contributed by atoms with Crippen LogP contribution in [0.1, 0.15) is 12.1 Å². The molecule has 7 nitrogen and oxygen atoms in total. The van der Waals surface area contributed by atoms with Crippen LogP contribution in [0.25, 0.3) is 16.5 Å². The number of hydrogen-bond donors (Lipinski definition) is 0. The molecule has 0 atom stereocenters. The first-order valence-corrected chi connectivity index (χ1v) is 7.58. The average molecular weight is 300 g/mol. The molecule has 8 heteroatoms. The van der Waals surface area contributed by atoms with E-state index in [0.29, 0.717) is 17.9 Å². The highest BCUT2D eigenvalue weighted by Gasteiger charge is 2.21. The van der Waals surface area contributed by atoms with Gasteiger partial charge in [0.05, 0.1) is 12.1 Å². The van der Waals surface area contributed by atoms with Gasteiger partial charge in [-0.15, -0.1) is 21.5 Å². The first-order chi connectivity index (χ1) is 10.3. The van der Waals surface area contributed by atoms with Crippen LogP contribution >= 0.6 is 11.3 Å². The first-order valence-electron chi connectivity index (χ1n) is 6.70. The van der Waals surface area contributed by atoms with Gasteiger partial charge in [0, 0.05) is 24.7 Å². The van der Waals surface area contributed by atoms with Crippen LogP contribution in [-0.4, -0.2) is 48.7 Å². The van der Waals surface area contributed by atoms with Crippen molar-refractivity contribution in [1.82, 2.24) is 29.7 Å². The highest BCUT2D eigenvalue weighted by Crippen LogP contribution is 2.20. The van der Waals surface area contributed by atoms with Gasteiger partial charge in [0.15, 0.2) is 10.7 Å². The predicted molar refractivity (Wildman–Crippen MR) is 76.8 cm³/mol. The molecule has 1 aliphatic rings. The molecule has 3 aromatic rings. The van der Waals surface area contributed by atoms with Gasteiger partial charge in [-0.05, 0) is 18.6 Å². The van der Waals surface area contributed by atoms with E-state index in [1.54, 1.807) is 10.7 Å². The summed E-state index contributed by atoms with van der Waals surface area (Å²) in [5.41, 5.74) is 1.37. The lowest BCUT2D eigenvalue weighted by molar-refractivity contribution is -0.133. The van der Waals surface area contributed by atoms with Gasteiger partial charge in [0.2, 0.25) is 11.7 Å². The SMILES string of the molecule is O=C(Cc1ccc2nnc(-c3nccs3)n2n1)N1CCC1. The molecule has 0 bridgehead atoms. The molecule has 106 valence electrons. The van der Waals surface area contributed by atoms with Gasteiger partial charge in [-0.1, -0.05) is 0 Å². The van der Waals surface area contributed by atoms with Crippen LogP contribution in [0.3, 0.4) is 0 Å². The molecule has 0 spiro atoms. The molecule has 0 N–H and O–H groups in total. The lowest BCUT2D eigenvalue weighted by Gasteiger charge is -2.30. The molecule has 1 fully saturated rings. The molecule has 3 aromatic heterocycles. The molecule has 21 heavy (non-hydrogen) atoms. The molecule has 0 unspecified atom stereocenters. The van der Waals surface area contributed by atoms with Crippen LogP contribution in [0.5, 0.6) is 0 Å². The minimum atomic E-state index is 0.122. The Hall–Kier alpha value is -2.35. The Morgan fingerprint density at radius 1 is 1.29 bits per heavy atom. The van der Waals surface area contributed by atoms with Gasteiger partial charge in [-0.3, -0.25) is 4.79 Å². The summed E-state index contributed by atoms with van der Waals surface area (Å²) in [5.74, 6) is 0.732. The van der Waals surface area contributed by atoms with Crippen molar-refractivity contribution in [3.63, 3.8) is 0 Å². The topological polar surface area (TPSA) is 76.3 Å². The second-order valence-electron chi connectivity index (χ2n) is 4.87. The van der Waals surface area contributed by atoms with Crippen molar-refractivity contribution in [2.24, 2.45) is 0 Å². The van der Waals surface area contributed by atoms with Gasteiger partial charge in [0.1, 0.15) is 0 Å². The number of rotatable bonds is 3. The predicted octanol–water partition coefficient (Wildman–Crippen LogP) is 1.02. The fourth-order valence-electron chi connectivity index (χ4n) is 2.22. The van der Waals surface area contributed by atoms with Crippen molar-refractivity contribution >= 4 is 22.9 Å². The van der Waals surface area contributed by atoms with Crippen molar-refractivity contribution in [3.05, 3.63) is 29.4 Å². The molecule has 1 saturated heterocycles. The van der Waals surface area contributed by atoms with Gasteiger partial charge in [0.25, 0.3) is 0 Å². The van der Waals surface area contributed by atoms with Crippen LogP contribution < -0.4 is 0 Å². The molecule has 0 aliphatic carbocycles. The van der Waals surface area contributed by atoms with Crippen molar-refractivity contribution in [3.8, 4) is 10.8 Å². The van der Waals surface area contributed by atoms with Gasteiger partial charge < -0.3 is 4.90 Å². The van der Waals surface area contributed by atoms with Crippen molar-refractivity contribution in [2.75, 3.05) is 13.1 Å². The number of hydrogen-bond acceptors (Lipinski definition) is 6. The van der Waals surface area contributed by atoms with E-state index in [4.69, 9.17) is 0 Å². The maximum atomic E-state index is 12.0. The number of carbonyl (C=O) groups excluding carboxylic acids is 1. The molecule has 0 aromatic carbocycles. The number of amides is 1. The number of carbonyl (C=O) groups is 1.